The maximum atomic E-state index is 13.1. The number of carbonyl (C=O) groups excluding carboxylic acids is 1. The number of rotatable bonds is 8. The number of ether oxygens (including phenoxy) is 1. The molecule has 2 aliphatic carbocycles. The van der Waals surface area contributed by atoms with Gasteiger partial charge >= 0.3 is 12.1 Å². The summed E-state index contributed by atoms with van der Waals surface area (Å²) in [6.07, 6.45) is 2.21. The highest BCUT2D eigenvalue weighted by Crippen LogP contribution is 2.46. The van der Waals surface area contributed by atoms with Crippen LogP contribution in [0, 0.1) is 11.8 Å². The van der Waals surface area contributed by atoms with Crippen molar-refractivity contribution in [3.63, 3.8) is 0 Å². The Kier molecular flexibility index (Phi) is 8.90. The van der Waals surface area contributed by atoms with E-state index in [2.05, 4.69) is 16.5 Å². The SMILES string of the molecule is CCC(CCC(=O)N(C)[C@H]1C[C@@H]2CC[C@H]1C2)n1c(N)nc2ccc(Oc3ccccc3)cc21.O=C(O)C(F)(F)F. The lowest BCUT2D eigenvalue weighted by atomic mass is 9.94. The van der Waals surface area contributed by atoms with Crippen molar-refractivity contribution in [2.45, 2.75) is 70.1 Å². The first-order chi connectivity index (χ1) is 19.0. The van der Waals surface area contributed by atoms with E-state index in [0.29, 0.717) is 24.3 Å². The van der Waals surface area contributed by atoms with Gasteiger partial charge in [-0.2, -0.15) is 13.2 Å². The third-order valence-electron chi connectivity index (χ3n) is 8.03. The lowest BCUT2D eigenvalue weighted by molar-refractivity contribution is -0.192. The summed E-state index contributed by atoms with van der Waals surface area (Å²) in [5, 5.41) is 7.12. The van der Waals surface area contributed by atoms with Crippen LogP contribution in [0.5, 0.6) is 11.5 Å². The fraction of sp³-hybridized carbons (Fsp3) is 0.483. The first-order valence-electron chi connectivity index (χ1n) is 13.5. The number of alkyl halides is 3. The van der Waals surface area contributed by atoms with E-state index in [1.165, 1.54) is 25.7 Å². The fourth-order valence-corrected chi connectivity index (χ4v) is 6.02. The van der Waals surface area contributed by atoms with Crippen LogP contribution < -0.4 is 10.5 Å². The molecule has 2 saturated carbocycles. The smallest absolute Gasteiger partial charge is 0.475 e. The van der Waals surface area contributed by atoms with Gasteiger partial charge in [-0.1, -0.05) is 31.5 Å². The zero-order valence-electron chi connectivity index (χ0n) is 22.6. The van der Waals surface area contributed by atoms with Gasteiger partial charge in [0.25, 0.3) is 0 Å². The van der Waals surface area contributed by atoms with Crippen molar-refractivity contribution < 1.29 is 32.6 Å². The normalized spacial score (nSPS) is 20.6. The number of aliphatic carboxylic acids is 1. The topological polar surface area (TPSA) is 111 Å². The quantitative estimate of drug-likeness (QED) is 0.329. The van der Waals surface area contributed by atoms with E-state index >= 15 is 0 Å². The molecule has 0 spiro atoms. The summed E-state index contributed by atoms with van der Waals surface area (Å²) < 4.78 is 39.8. The van der Waals surface area contributed by atoms with Gasteiger partial charge in [-0.15, -0.1) is 0 Å². The number of aromatic nitrogens is 2. The molecule has 2 aromatic carbocycles. The molecule has 2 fully saturated rings. The molecule has 216 valence electrons. The molecule has 1 unspecified atom stereocenters. The second-order valence-corrected chi connectivity index (χ2v) is 10.6. The van der Waals surface area contributed by atoms with Crippen LogP contribution >= 0.6 is 0 Å². The molecule has 3 N–H and O–H groups in total. The Labute approximate surface area is 230 Å². The zero-order chi connectivity index (χ0) is 29.0. The Bertz CT molecular complexity index is 1330. The van der Waals surface area contributed by atoms with Gasteiger partial charge < -0.3 is 25.0 Å². The molecule has 0 radical (unpaired) electrons. The summed E-state index contributed by atoms with van der Waals surface area (Å²) in [4.78, 5) is 28.6. The Hall–Kier alpha value is -3.76. The second-order valence-electron chi connectivity index (χ2n) is 10.6. The number of nitrogen functional groups attached to an aromatic ring is 1. The van der Waals surface area contributed by atoms with Crippen LogP contribution in [0.15, 0.2) is 48.5 Å². The maximum absolute atomic E-state index is 13.1. The molecule has 40 heavy (non-hydrogen) atoms. The molecule has 3 aromatic rings. The van der Waals surface area contributed by atoms with E-state index in [4.69, 9.17) is 20.4 Å². The van der Waals surface area contributed by atoms with Crippen molar-refractivity contribution in [3.8, 4) is 11.5 Å². The van der Waals surface area contributed by atoms with Gasteiger partial charge in [0.05, 0.1) is 11.0 Å². The number of anilines is 1. The van der Waals surface area contributed by atoms with Crippen molar-refractivity contribution >= 4 is 28.9 Å². The molecular weight excluding hydrogens is 525 g/mol. The number of nitrogens with two attached hydrogens (primary N) is 1. The minimum Gasteiger partial charge on any atom is -0.475 e. The molecule has 1 amide bonds. The summed E-state index contributed by atoms with van der Waals surface area (Å²) >= 11 is 0. The lowest BCUT2D eigenvalue weighted by Crippen LogP contribution is -2.40. The lowest BCUT2D eigenvalue weighted by Gasteiger charge is -2.32. The maximum Gasteiger partial charge on any atom is 0.490 e. The second kappa shape index (κ2) is 12.2. The molecule has 0 aliphatic heterocycles. The average molecular weight is 561 g/mol. The first-order valence-corrected chi connectivity index (χ1v) is 13.5. The van der Waals surface area contributed by atoms with Crippen molar-refractivity contribution in [1.29, 1.82) is 0 Å². The minimum atomic E-state index is -5.08. The molecule has 0 saturated heterocycles. The number of fused-ring (bicyclic) bond motifs is 3. The number of hydrogen-bond donors (Lipinski definition) is 2. The van der Waals surface area contributed by atoms with Gasteiger partial charge in [0.15, 0.2) is 0 Å². The van der Waals surface area contributed by atoms with Gasteiger partial charge in [0.1, 0.15) is 11.5 Å². The minimum absolute atomic E-state index is 0.111. The third kappa shape index (κ3) is 6.68. The van der Waals surface area contributed by atoms with Gasteiger partial charge in [0.2, 0.25) is 11.9 Å². The van der Waals surface area contributed by atoms with Crippen molar-refractivity contribution in [2.75, 3.05) is 12.8 Å². The Morgan fingerprint density at radius 1 is 1.15 bits per heavy atom. The number of hydrogen-bond acceptors (Lipinski definition) is 5. The van der Waals surface area contributed by atoms with Crippen LogP contribution in [0.4, 0.5) is 19.1 Å². The van der Waals surface area contributed by atoms with E-state index < -0.39 is 12.1 Å². The summed E-state index contributed by atoms with van der Waals surface area (Å²) in [6.45, 7) is 2.14. The predicted octanol–water partition coefficient (Wildman–Crippen LogP) is 6.42. The average Bonchev–Trinajstić information content (AvgIpc) is 3.64. The standard InChI is InChI=1S/C27H34N4O2.C2HF3O2/c1-3-20(11-14-26(32)30(2)24-16-18-9-10-19(24)15-18)31-25-17-22(12-13-23(25)29-27(31)28)33-21-7-5-4-6-8-21;3-2(4,5)1(6)7/h4-8,12-13,17-20,24H,3,9-11,14-16H2,1-2H3,(H2,28,29);(H,6,7)/t18-,19+,20?,24+;/m1./s1. The van der Waals surface area contributed by atoms with Crippen LogP contribution in [0.1, 0.15) is 57.9 Å². The number of imidazole rings is 1. The summed E-state index contributed by atoms with van der Waals surface area (Å²) in [7, 11) is 2.00. The molecule has 11 heteroatoms. The highest BCUT2D eigenvalue weighted by molar-refractivity contribution is 5.80. The van der Waals surface area contributed by atoms with E-state index in [0.717, 1.165) is 41.3 Å². The molecular formula is C29H35F3N4O4. The first kappa shape index (κ1) is 29.2. The Morgan fingerprint density at radius 2 is 1.85 bits per heavy atom. The Balaban J connectivity index is 0.000000470. The third-order valence-corrected chi connectivity index (χ3v) is 8.03. The van der Waals surface area contributed by atoms with E-state index in [1.807, 2.05) is 60.5 Å². The molecule has 1 aromatic heterocycles. The highest BCUT2D eigenvalue weighted by Gasteiger charge is 2.42. The zero-order valence-corrected chi connectivity index (χ0v) is 22.6. The number of carboxylic acid groups (broad SMARTS) is 1. The largest absolute Gasteiger partial charge is 0.490 e. The van der Waals surface area contributed by atoms with Crippen LogP contribution in [-0.2, 0) is 9.59 Å². The molecule has 5 rings (SSSR count). The van der Waals surface area contributed by atoms with Crippen LogP contribution in [0.3, 0.4) is 0 Å². The van der Waals surface area contributed by atoms with Gasteiger partial charge in [-0.25, -0.2) is 9.78 Å². The van der Waals surface area contributed by atoms with E-state index in [1.54, 1.807) is 0 Å². The number of carboxylic acids is 1. The number of amides is 1. The van der Waals surface area contributed by atoms with Gasteiger partial charge in [-0.3, -0.25) is 4.79 Å². The number of halogens is 3. The highest BCUT2D eigenvalue weighted by atomic mass is 19.4. The molecule has 2 aliphatic rings. The van der Waals surface area contributed by atoms with Crippen LogP contribution in [0.2, 0.25) is 0 Å². The number of carbonyl (C=O) groups is 2. The predicted molar refractivity (Wildman–Crippen MR) is 145 cm³/mol. The summed E-state index contributed by atoms with van der Waals surface area (Å²) in [6, 6.07) is 16.1. The van der Waals surface area contributed by atoms with E-state index in [-0.39, 0.29) is 11.9 Å². The van der Waals surface area contributed by atoms with E-state index in [9.17, 15) is 18.0 Å². The summed E-state index contributed by atoms with van der Waals surface area (Å²) in [5.41, 5.74) is 8.15. The number of nitrogens with zero attached hydrogens (tertiary/aromatic N) is 3. The Morgan fingerprint density at radius 3 is 2.42 bits per heavy atom. The van der Waals surface area contributed by atoms with Crippen LogP contribution in [-0.4, -0.2) is 50.7 Å². The fourth-order valence-electron chi connectivity index (χ4n) is 6.02. The van der Waals surface area contributed by atoms with Crippen molar-refractivity contribution in [1.82, 2.24) is 14.5 Å². The van der Waals surface area contributed by atoms with Crippen LogP contribution in [0.25, 0.3) is 11.0 Å². The molecule has 2 bridgehead atoms. The molecule has 8 nitrogen and oxygen atoms in total. The number of benzene rings is 2. The molecule has 4 atom stereocenters. The van der Waals surface area contributed by atoms with Crippen molar-refractivity contribution in [3.05, 3.63) is 48.5 Å². The molecule has 1 heterocycles. The van der Waals surface area contributed by atoms with Crippen molar-refractivity contribution in [2.24, 2.45) is 11.8 Å². The monoisotopic (exact) mass is 560 g/mol. The van der Waals surface area contributed by atoms with Gasteiger partial charge in [-0.05, 0) is 68.2 Å². The summed E-state index contributed by atoms with van der Waals surface area (Å²) in [5.74, 6) is 1.07. The number of para-hydroxylation sites is 1. The van der Waals surface area contributed by atoms with Gasteiger partial charge in [0, 0.05) is 31.6 Å².